The first-order valence-corrected chi connectivity index (χ1v) is 4.19. The lowest BCUT2D eigenvalue weighted by molar-refractivity contribution is 0.802. The van der Waals surface area contributed by atoms with Crippen LogP contribution in [-0.2, 0) is 7.05 Å². The summed E-state index contributed by atoms with van der Waals surface area (Å²) < 4.78 is 2.92. The molecular weight excluding hydrogens is 158 g/mol. The van der Waals surface area contributed by atoms with Gasteiger partial charge in [-0.1, -0.05) is 0 Å². The zero-order valence-corrected chi connectivity index (χ0v) is 7.27. The Balaban J connectivity index is 2.92. The number of nitrogens with two attached hydrogens (primary N) is 1. The Kier molecular flexibility index (Phi) is 1.20. The van der Waals surface area contributed by atoms with Crippen LogP contribution in [0.15, 0.2) is 6.07 Å². The van der Waals surface area contributed by atoms with Gasteiger partial charge in [0.2, 0.25) is 0 Å². The SMILES string of the molecule is Cc1cc2c(s1)c(N)nn2C. The van der Waals surface area contributed by atoms with E-state index in [1.54, 1.807) is 11.3 Å². The van der Waals surface area contributed by atoms with Crippen LogP contribution in [-0.4, -0.2) is 9.78 Å². The number of aryl methyl sites for hydroxylation is 2. The fraction of sp³-hybridized carbons (Fsp3) is 0.286. The van der Waals surface area contributed by atoms with Crippen molar-refractivity contribution in [1.29, 1.82) is 0 Å². The summed E-state index contributed by atoms with van der Waals surface area (Å²) in [6.07, 6.45) is 0. The number of anilines is 1. The number of fused-ring (bicyclic) bond motifs is 1. The van der Waals surface area contributed by atoms with Crippen molar-refractivity contribution in [2.75, 3.05) is 5.73 Å². The molecule has 0 bridgehead atoms. The van der Waals surface area contributed by atoms with Gasteiger partial charge in [-0.25, -0.2) is 0 Å². The molecule has 0 fully saturated rings. The summed E-state index contributed by atoms with van der Waals surface area (Å²) in [4.78, 5) is 1.28. The Labute approximate surface area is 68.4 Å². The van der Waals surface area contributed by atoms with Crippen LogP contribution >= 0.6 is 11.3 Å². The summed E-state index contributed by atoms with van der Waals surface area (Å²) in [5, 5.41) is 4.10. The van der Waals surface area contributed by atoms with Crippen molar-refractivity contribution in [3.63, 3.8) is 0 Å². The first-order chi connectivity index (χ1) is 5.18. The maximum absolute atomic E-state index is 5.67. The van der Waals surface area contributed by atoms with Gasteiger partial charge in [0.1, 0.15) is 0 Å². The van der Waals surface area contributed by atoms with Crippen LogP contribution in [0.3, 0.4) is 0 Å². The standard InChI is InChI=1S/C7H9N3S/c1-4-3-5-6(11-4)7(8)9-10(5)2/h3H,1-2H3,(H2,8,9). The molecule has 2 N–H and O–H groups in total. The van der Waals surface area contributed by atoms with Gasteiger partial charge in [-0.15, -0.1) is 11.3 Å². The van der Waals surface area contributed by atoms with E-state index in [0.29, 0.717) is 5.82 Å². The predicted octanol–water partition coefficient (Wildman–Crippen LogP) is 1.53. The van der Waals surface area contributed by atoms with Crippen molar-refractivity contribution < 1.29 is 0 Å². The van der Waals surface area contributed by atoms with E-state index in [-0.39, 0.29) is 0 Å². The lowest BCUT2D eigenvalue weighted by Gasteiger charge is -1.85. The van der Waals surface area contributed by atoms with Crippen LogP contribution < -0.4 is 5.73 Å². The number of aromatic nitrogens is 2. The molecule has 0 unspecified atom stereocenters. The fourth-order valence-electron chi connectivity index (χ4n) is 1.19. The lowest BCUT2D eigenvalue weighted by atomic mass is 10.4. The molecule has 2 rings (SSSR count). The highest BCUT2D eigenvalue weighted by Gasteiger charge is 2.07. The van der Waals surface area contributed by atoms with E-state index in [2.05, 4.69) is 18.1 Å². The molecule has 0 aliphatic rings. The normalized spacial score (nSPS) is 11.1. The minimum absolute atomic E-state index is 0.639. The summed E-state index contributed by atoms with van der Waals surface area (Å²) >= 11 is 1.69. The average molecular weight is 167 g/mol. The van der Waals surface area contributed by atoms with Crippen LogP contribution in [0.2, 0.25) is 0 Å². The van der Waals surface area contributed by atoms with Crippen molar-refractivity contribution >= 4 is 27.4 Å². The number of hydrogen-bond acceptors (Lipinski definition) is 3. The predicted molar refractivity (Wildman–Crippen MR) is 47.7 cm³/mol. The summed E-state index contributed by atoms with van der Waals surface area (Å²) in [7, 11) is 1.91. The smallest absolute Gasteiger partial charge is 0.163 e. The monoisotopic (exact) mass is 167 g/mol. The molecule has 2 heterocycles. The Morgan fingerprint density at radius 1 is 1.64 bits per heavy atom. The van der Waals surface area contributed by atoms with Crippen LogP contribution in [0.4, 0.5) is 5.82 Å². The highest BCUT2D eigenvalue weighted by molar-refractivity contribution is 7.19. The molecule has 0 aromatic carbocycles. The van der Waals surface area contributed by atoms with Crippen molar-refractivity contribution in [2.45, 2.75) is 6.92 Å². The molecule has 0 aliphatic carbocycles. The van der Waals surface area contributed by atoms with Crippen molar-refractivity contribution in [2.24, 2.45) is 7.05 Å². The summed E-state index contributed by atoms with van der Waals surface area (Å²) in [6, 6.07) is 2.10. The zero-order valence-electron chi connectivity index (χ0n) is 6.46. The number of hydrogen-bond donors (Lipinski definition) is 1. The topological polar surface area (TPSA) is 43.8 Å². The summed E-state index contributed by atoms with van der Waals surface area (Å²) in [5.41, 5.74) is 6.80. The minimum Gasteiger partial charge on any atom is -0.381 e. The second kappa shape index (κ2) is 1.98. The number of nitrogens with zero attached hydrogens (tertiary/aromatic N) is 2. The third-order valence-electron chi connectivity index (χ3n) is 1.67. The fourth-order valence-corrected chi connectivity index (χ4v) is 2.12. The molecule has 0 saturated carbocycles. The van der Waals surface area contributed by atoms with Crippen molar-refractivity contribution in [3.05, 3.63) is 10.9 Å². The molecule has 3 nitrogen and oxygen atoms in total. The van der Waals surface area contributed by atoms with Gasteiger partial charge in [0.05, 0.1) is 10.2 Å². The van der Waals surface area contributed by atoms with Crippen LogP contribution in [0.5, 0.6) is 0 Å². The van der Waals surface area contributed by atoms with E-state index in [1.807, 2.05) is 11.7 Å². The minimum atomic E-state index is 0.639. The molecular formula is C7H9N3S. The zero-order chi connectivity index (χ0) is 8.01. The molecule has 0 aliphatic heterocycles. The van der Waals surface area contributed by atoms with Gasteiger partial charge in [0.25, 0.3) is 0 Å². The van der Waals surface area contributed by atoms with Crippen LogP contribution in [0, 0.1) is 6.92 Å². The molecule has 0 saturated heterocycles. The largest absolute Gasteiger partial charge is 0.381 e. The van der Waals surface area contributed by atoms with E-state index >= 15 is 0 Å². The molecule has 0 spiro atoms. The third kappa shape index (κ3) is 0.826. The highest BCUT2D eigenvalue weighted by atomic mass is 32.1. The lowest BCUT2D eigenvalue weighted by Crippen LogP contribution is -1.91. The average Bonchev–Trinajstić information content (AvgIpc) is 2.38. The van der Waals surface area contributed by atoms with Crippen molar-refractivity contribution in [1.82, 2.24) is 9.78 Å². The Hall–Kier alpha value is -1.03. The molecule has 2 aromatic rings. The maximum atomic E-state index is 5.67. The molecule has 0 amide bonds. The molecule has 0 radical (unpaired) electrons. The quantitative estimate of drug-likeness (QED) is 0.646. The van der Waals surface area contributed by atoms with Crippen LogP contribution in [0.25, 0.3) is 10.2 Å². The summed E-state index contributed by atoms with van der Waals surface area (Å²) in [6.45, 7) is 2.07. The molecule has 0 atom stereocenters. The van der Waals surface area contributed by atoms with Gasteiger partial charge in [0, 0.05) is 11.9 Å². The first kappa shape index (κ1) is 6.67. The number of thiophene rings is 1. The highest BCUT2D eigenvalue weighted by Crippen LogP contribution is 2.28. The molecule has 4 heteroatoms. The van der Waals surface area contributed by atoms with E-state index in [4.69, 9.17) is 5.73 Å². The first-order valence-electron chi connectivity index (χ1n) is 3.37. The van der Waals surface area contributed by atoms with E-state index in [1.165, 1.54) is 4.88 Å². The number of rotatable bonds is 0. The number of nitrogen functional groups attached to an aromatic ring is 1. The second-order valence-corrected chi connectivity index (χ2v) is 3.84. The van der Waals surface area contributed by atoms with Gasteiger partial charge < -0.3 is 5.73 Å². The Morgan fingerprint density at radius 2 is 2.36 bits per heavy atom. The second-order valence-electron chi connectivity index (χ2n) is 2.58. The van der Waals surface area contributed by atoms with Gasteiger partial charge in [-0.05, 0) is 13.0 Å². The summed E-state index contributed by atoms with van der Waals surface area (Å²) in [5.74, 6) is 0.639. The van der Waals surface area contributed by atoms with E-state index < -0.39 is 0 Å². The van der Waals surface area contributed by atoms with Gasteiger partial charge >= 0.3 is 0 Å². The third-order valence-corrected chi connectivity index (χ3v) is 2.74. The van der Waals surface area contributed by atoms with E-state index in [0.717, 1.165) is 10.2 Å². The van der Waals surface area contributed by atoms with E-state index in [9.17, 15) is 0 Å². The van der Waals surface area contributed by atoms with Gasteiger partial charge in [-0.2, -0.15) is 5.10 Å². The van der Waals surface area contributed by atoms with Crippen LogP contribution in [0.1, 0.15) is 4.88 Å². The Bertz CT molecular complexity index is 364. The molecule has 58 valence electrons. The van der Waals surface area contributed by atoms with Crippen molar-refractivity contribution in [3.8, 4) is 0 Å². The maximum Gasteiger partial charge on any atom is 0.163 e. The van der Waals surface area contributed by atoms with Gasteiger partial charge in [-0.3, -0.25) is 4.68 Å². The Morgan fingerprint density at radius 3 is 3.00 bits per heavy atom. The molecule has 2 aromatic heterocycles. The van der Waals surface area contributed by atoms with Gasteiger partial charge in [0.15, 0.2) is 5.82 Å². The molecule has 11 heavy (non-hydrogen) atoms.